The molecule has 0 unspecified atom stereocenters. The first-order valence-corrected chi connectivity index (χ1v) is 13.0. The van der Waals surface area contributed by atoms with Crippen molar-refractivity contribution in [1.82, 2.24) is 9.21 Å². The number of methoxy groups -OCH3 is 1. The van der Waals surface area contributed by atoms with E-state index >= 15 is 0 Å². The number of sulfonamides is 1. The first-order valence-electron chi connectivity index (χ1n) is 11.3. The SMILES string of the molecule is CCS(=O)(=O)N1CCCCN2[C@H](COC)[C@@H](c3ccc(-c4ccccc4C)cc3)[C@@H]2C1. The molecule has 2 aromatic rings. The second kappa shape index (κ2) is 9.41. The van der Waals surface area contributed by atoms with Crippen LogP contribution in [-0.4, -0.2) is 68.8 Å². The van der Waals surface area contributed by atoms with E-state index < -0.39 is 10.0 Å². The highest BCUT2D eigenvalue weighted by Gasteiger charge is 2.50. The van der Waals surface area contributed by atoms with E-state index in [0.717, 1.165) is 19.4 Å². The average Bonchev–Trinajstić information content (AvgIpc) is 2.75. The van der Waals surface area contributed by atoms with Crippen molar-refractivity contribution in [3.63, 3.8) is 0 Å². The topological polar surface area (TPSA) is 49.9 Å². The number of ether oxygens (including phenoxy) is 1. The summed E-state index contributed by atoms with van der Waals surface area (Å²) >= 11 is 0. The van der Waals surface area contributed by atoms with Crippen LogP contribution in [0.2, 0.25) is 0 Å². The van der Waals surface area contributed by atoms with Gasteiger partial charge in [0.15, 0.2) is 0 Å². The molecule has 0 aromatic heterocycles. The van der Waals surface area contributed by atoms with Gasteiger partial charge in [0.1, 0.15) is 0 Å². The Morgan fingerprint density at radius 1 is 1.03 bits per heavy atom. The largest absolute Gasteiger partial charge is 0.383 e. The Morgan fingerprint density at radius 3 is 2.42 bits per heavy atom. The van der Waals surface area contributed by atoms with E-state index in [4.69, 9.17) is 4.74 Å². The van der Waals surface area contributed by atoms with Crippen LogP contribution >= 0.6 is 0 Å². The summed E-state index contributed by atoms with van der Waals surface area (Å²) in [7, 11) is -1.44. The Morgan fingerprint density at radius 2 is 1.74 bits per heavy atom. The van der Waals surface area contributed by atoms with Crippen molar-refractivity contribution in [2.24, 2.45) is 0 Å². The zero-order valence-electron chi connectivity index (χ0n) is 18.8. The van der Waals surface area contributed by atoms with Crippen molar-refractivity contribution in [3.05, 3.63) is 59.7 Å². The minimum Gasteiger partial charge on any atom is -0.383 e. The molecule has 2 aliphatic rings. The van der Waals surface area contributed by atoms with Gasteiger partial charge in [0.05, 0.1) is 12.4 Å². The van der Waals surface area contributed by atoms with Crippen molar-refractivity contribution < 1.29 is 13.2 Å². The molecule has 2 aromatic carbocycles. The highest BCUT2D eigenvalue weighted by molar-refractivity contribution is 7.89. The quantitative estimate of drug-likeness (QED) is 0.681. The summed E-state index contributed by atoms with van der Waals surface area (Å²) in [5.74, 6) is 0.440. The number of fused-ring (bicyclic) bond motifs is 1. The molecule has 2 aliphatic heterocycles. The van der Waals surface area contributed by atoms with Crippen molar-refractivity contribution in [2.75, 3.05) is 39.1 Å². The molecule has 2 heterocycles. The lowest BCUT2D eigenvalue weighted by Crippen LogP contribution is -2.68. The fraction of sp³-hybridized carbons (Fsp3) is 0.520. The van der Waals surface area contributed by atoms with E-state index in [2.05, 4.69) is 60.4 Å². The van der Waals surface area contributed by atoms with Crippen LogP contribution in [0.15, 0.2) is 48.5 Å². The summed E-state index contributed by atoms with van der Waals surface area (Å²) in [5.41, 5.74) is 5.01. The molecule has 0 amide bonds. The van der Waals surface area contributed by atoms with Gasteiger partial charge in [-0.2, -0.15) is 0 Å². The summed E-state index contributed by atoms with van der Waals surface area (Å²) < 4.78 is 32.6. The molecule has 168 valence electrons. The van der Waals surface area contributed by atoms with Gasteiger partial charge in [-0.15, -0.1) is 0 Å². The number of nitrogens with zero attached hydrogens (tertiary/aromatic N) is 2. The molecule has 4 rings (SSSR count). The number of rotatable bonds is 6. The lowest BCUT2D eigenvalue weighted by molar-refractivity contribution is -0.0634. The lowest BCUT2D eigenvalue weighted by atomic mass is 9.74. The van der Waals surface area contributed by atoms with Crippen LogP contribution in [0.5, 0.6) is 0 Å². The monoisotopic (exact) mass is 442 g/mol. The normalized spacial score (nSPS) is 25.3. The zero-order valence-corrected chi connectivity index (χ0v) is 19.6. The number of hydrogen-bond acceptors (Lipinski definition) is 4. The van der Waals surface area contributed by atoms with Crippen LogP contribution in [0.3, 0.4) is 0 Å². The number of hydrogen-bond donors (Lipinski definition) is 0. The van der Waals surface area contributed by atoms with Crippen molar-refractivity contribution >= 4 is 10.0 Å². The third kappa shape index (κ3) is 4.44. The number of benzene rings is 2. The Labute approximate surface area is 187 Å². The highest BCUT2D eigenvalue weighted by atomic mass is 32.2. The molecule has 0 bridgehead atoms. The van der Waals surface area contributed by atoms with Crippen molar-refractivity contribution in [1.29, 1.82) is 0 Å². The molecule has 0 aliphatic carbocycles. The van der Waals surface area contributed by atoms with Gasteiger partial charge < -0.3 is 4.74 Å². The van der Waals surface area contributed by atoms with Gasteiger partial charge >= 0.3 is 0 Å². The fourth-order valence-corrected chi connectivity index (χ4v) is 6.43. The minimum atomic E-state index is -3.19. The first-order chi connectivity index (χ1) is 15.0. The van der Waals surface area contributed by atoms with Crippen LogP contribution in [0.1, 0.15) is 36.8 Å². The van der Waals surface area contributed by atoms with Gasteiger partial charge in [0.25, 0.3) is 0 Å². The zero-order chi connectivity index (χ0) is 22.0. The van der Waals surface area contributed by atoms with Gasteiger partial charge in [-0.1, -0.05) is 48.5 Å². The van der Waals surface area contributed by atoms with Gasteiger partial charge in [0, 0.05) is 38.2 Å². The molecule has 5 nitrogen and oxygen atoms in total. The standard InChI is InChI=1S/C25H34N2O3S/c1-4-31(28,29)26-15-7-8-16-27-23(17-26)25(24(27)18-30-3)21-13-11-20(12-14-21)22-10-6-5-9-19(22)2/h5-6,9-14,23-25H,4,7-8,15-18H2,1-3H3/t23-,24+,25-/m0/s1. The molecule has 0 spiro atoms. The second-order valence-corrected chi connectivity index (χ2v) is 11.0. The highest BCUT2D eigenvalue weighted by Crippen LogP contribution is 2.43. The molecule has 0 N–H and O–H groups in total. The van der Waals surface area contributed by atoms with Crippen LogP contribution in [0.25, 0.3) is 11.1 Å². The summed E-state index contributed by atoms with van der Waals surface area (Å²) in [6.45, 7) is 6.76. The van der Waals surface area contributed by atoms with Gasteiger partial charge in [0.2, 0.25) is 10.0 Å². The maximum atomic E-state index is 12.7. The predicted octanol–water partition coefficient (Wildman–Crippen LogP) is 3.89. The number of aryl methyl sites for hydroxylation is 1. The first kappa shape index (κ1) is 22.5. The van der Waals surface area contributed by atoms with E-state index in [-0.39, 0.29) is 17.7 Å². The molecule has 0 radical (unpaired) electrons. The maximum absolute atomic E-state index is 12.7. The van der Waals surface area contributed by atoms with Crippen molar-refractivity contribution in [2.45, 2.75) is 44.7 Å². The smallest absolute Gasteiger partial charge is 0.213 e. The van der Waals surface area contributed by atoms with Crippen LogP contribution in [-0.2, 0) is 14.8 Å². The summed E-state index contributed by atoms with van der Waals surface area (Å²) in [6.07, 6.45) is 1.93. The maximum Gasteiger partial charge on any atom is 0.213 e. The minimum absolute atomic E-state index is 0.164. The molecule has 3 atom stereocenters. The summed E-state index contributed by atoms with van der Waals surface area (Å²) in [4.78, 5) is 2.47. The molecule has 0 saturated carbocycles. The van der Waals surface area contributed by atoms with Gasteiger partial charge in [-0.05, 0) is 55.5 Å². The molecule has 2 fully saturated rings. The predicted molar refractivity (Wildman–Crippen MR) is 126 cm³/mol. The Kier molecular flexibility index (Phi) is 6.82. The molecule has 6 heteroatoms. The third-order valence-corrected chi connectivity index (χ3v) is 8.84. The molecule has 2 saturated heterocycles. The van der Waals surface area contributed by atoms with E-state index in [1.54, 1.807) is 18.3 Å². The Hall–Kier alpha value is -1.73. The molecular weight excluding hydrogens is 408 g/mol. The van der Waals surface area contributed by atoms with Crippen LogP contribution in [0.4, 0.5) is 0 Å². The third-order valence-electron chi connectivity index (χ3n) is 6.99. The second-order valence-electron chi connectivity index (χ2n) is 8.76. The fourth-order valence-electron chi connectivity index (χ4n) is 5.28. The average molecular weight is 443 g/mol. The Bertz CT molecular complexity index is 990. The molecule has 31 heavy (non-hydrogen) atoms. The summed E-state index contributed by atoms with van der Waals surface area (Å²) in [6, 6.07) is 17.8. The lowest BCUT2D eigenvalue weighted by Gasteiger charge is -2.57. The van der Waals surface area contributed by atoms with Gasteiger partial charge in [-0.3, -0.25) is 4.90 Å². The van der Waals surface area contributed by atoms with Crippen LogP contribution < -0.4 is 0 Å². The van der Waals surface area contributed by atoms with Crippen molar-refractivity contribution in [3.8, 4) is 11.1 Å². The molecular formula is C25H34N2O3S. The van der Waals surface area contributed by atoms with Gasteiger partial charge in [-0.25, -0.2) is 12.7 Å². The van der Waals surface area contributed by atoms with E-state index in [0.29, 0.717) is 25.7 Å². The van der Waals surface area contributed by atoms with E-state index in [1.165, 1.54) is 22.3 Å². The van der Waals surface area contributed by atoms with E-state index in [1.807, 2.05) is 0 Å². The summed E-state index contributed by atoms with van der Waals surface area (Å²) in [5, 5.41) is 0. The Balaban J connectivity index is 1.62. The van der Waals surface area contributed by atoms with Crippen LogP contribution in [0, 0.1) is 6.92 Å². The van der Waals surface area contributed by atoms with E-state index in [9.17, 15) is 8.42 Å².